The van der Waals surface area contributed by atoms with E-state index in [1.165, 1.54) is 18.2 Å². The van der Waals surface area contributed by atoms with Crippen LogP contribution in [0.25, 0.3) is 0 Å². The first-order valence-electron chi connectivity index (χ1n) is 6.62. The van der Waals surface area contributed by atoms with Gasteiger partial charge in [-0.15, -0.1) is 0 Å². The SMILES string of the molecule is C[C@H](c1ccccc1F)[S@@](=O)Cc1cccc(OC(F)F)c1. The van der Waals surface area contributed by atoms with Gasteiger partial charge in [-0.2, -0.15) is 8.78 Å². The average Bonchev–Trinajstić information content (AvgIpc) is 2.46. The van der Waals surface area contributed by atoms with Gasteiger partial charge in [-0.05, 0) is 30.7 Å². The molecule has 2 atom stereocenters. The summed E-state index contributed by atoms with van der Waals surface area (Å²) in [6.07, 6.45) is 0. The Bertz CT molecular complexity index is 661. The lowest BCUT2D eigenvalue weighted by atomic mass is 10.1. The Morgan fingerprint density at radius 1 is 1.14 bits per heavy atom. The lowest BCUT2D eigenvalue weighted by Crippen LogP contribution is -2.08. The Balaban J connectivity index is 2.10. The van der Waals surface area contributed by atoms with Crippen LogP contribution in [0, 0.1) is 5.82 Å². The number of hydrogen-bond acceptors (Lipinski definition) is 2. The van der Waals surface area contributed by atoms with Gasteiger partial charge in [-0.3, -0.25) is 4.21 Å². The van der Waals surface area contributed by atoms with Crippen LogP contribution in [0.4, 0.5) is 13.2 Å². The molecule has 6 heteroatoms. The summed E-state index contributed by atoms with van der Waals surface area (Å²) < 4.78 is 54.7. The molecule has 2 aromatic carbocycles. The minimum Gasteiger partial charge on any atom is -0.435 e. The zero-order valence-electron chi connectivity index (χ0n) is 11.8. The van der Waals surface area contributed by atoms with Crippen LogP contribution < -0.4 is 4.74 Å². The average molecular weight is 328 g/mol. The van der Waals surface area contributed by atoms with Gasteiger partial charge in [-0.25, -0.2) is 4.39 Å². The van der Waals surface area contributed by atoms with Crippen molar-refractivity contribution < 1.29 is 22.1 Å². The fraction of sp³-hybridized carbons (Fsp3) is 0.250. The molecule has 0 aliphatic heterocycles. The second kappa shape index (κ2) is 7.45. The lowest BCUT2D eigenvalue weighted by molar-refractivity contribution is -0.0498. The van der Waals surface area contributed by atoms with Gasteiger partial charge < -0.3 is 4.74 Å². The Morgan fingerprint density at radius 3 is 2.55 bits per heavy atom. The molecular weight excluding hydrogens is 313 g/mol. The van der Waals surface area contributed by atoms with Crippen molar-refractivity contribution in [2.75, 3.05) is 0 Å². The minimum atomic E-state index is -2.90. The number of ether oxygens (including phenoxy) is 1. The van der Waals surface area contributed by atoms with Crippen LogP contribution >= 0.6 is 0 Å². The van der Waals surface area contributed by atoms with Crippen LogP contribution in [-0.2, 0) is 16.6 Å². The van der Waals surface area contributed by atoms with Crippen molar-refractivity contribution in [3.05, 3.63) is 65.5 Å². The quantitative estimate of drug-likeness (QED) is 0.784. The van der Waals surface area contributed by atoms with Gasteiger partial charge >= 0.3 is 6.61 Å². The van der Waals surface area contributed by atoms with Gasteiger partial charge in [0.15, 0.2) is 0 Å². The molecule has 0 amide bonds. The molecule has 0 bridgehead atoms. The Hall–Kier alpha value is -1.82. The predicted octanol–water partition coefficient (Wildman–Crippen LogP) is 4.44. The van der Waals surface area contributed by atoms with E-state index >= 15 is 0 Å². The third-order valence-electron chi connectivity index (χ3n) is 3.17. The molecule has 2 aromatic rings. The first-order chi connectivity index (χ1) is 10.5. The van der Waals surface area contributed by atoms with Crippen molar-refractivity contribution in [1.82, 2.24) is 0 Å². The largest absolute Gasteiger partial charge is 0.435 e. The topological polar surface area (TPSA) is 26.3 Å². The van der Waals surface area contributed by atoms with Gasteiger partial charge in [0.25, 0.3) is 0 Å². The van der Waals surface area contributed by atoms with E-state index in [4.69, 9.17) is 0 Å². The lowest BCUT2D eigenvalue weighted by Gasteiger charge is -2.13. The molecule has 0 heterocycles. The van der Waals surface area contributed by atoms with Crippen LogP contribution in [0.5, 0.6) is 5.75 Å². The van der Waals surface area contributed by atoms with Crippen molar-refractivity contribution in [3.8, 4) is 5.75 Å². The molecule has 0 radical (unpaired) electrons. The van der Waals surface area contributed by atoms with Gasteiger partial charge in [0.2, 0.25) is 0 Å². The van der Waals surface area contributed by atoms with E-state index in [0.717, 1.165) is 0 Å². The maximum absolute atomic E-state index is 13.7. The summed E-state index contributed by atoms with van der Waals surface area (Å²) in [7, 11) is -1.38. The molecule has 2 rings (SSSR count). The zero-order valence-corrected chi connectivity index (χ0v) is 12.7. The second-order valence-corrected chi connectivity index (χ2v) is 6.47. The molecular formula is C16H15F3O2S. The maximum Gasteiger partial charge on any atom is 0.387 e. The Labute approximate surface area is 129 Å². The van der Waals surface area contributed by atoms with E-state index in [-0.39, 0.29) is 11.5 Å². The maximum atomic E-state index is 13.7. The molecule has 0 aliphatic rings. The molecule has 0 aromatic heterocycles. The number of hydrogen-bond donors (Lipinski definition) is 0. The van der Waals surface area contributed by atoms with Crippen molar-refractivity contribution in [2.45, 2.75) is 24.5 Å². The number of halogens is 3. The summed E-state index contributed by atoms with van der Waals surface area (Å²) in [5.74, 6) is -0.253. The molecule has 0 saturated carbocycles. The molecule has 118 valence electrons. The highest BCUT2D eigenvalue weighted by molar-refractivity contribution is 7.84. The third-order valence-corrected chi connectivity index (χ3v) is 4.83. The highest BCUT2D eigenvalue weighted by Crippen LogP contribution is 2.25. The normalized spacial score (nSPS) is 13.9. The van der Waals surface area contributed by atoms with Gasteiger partial charge in [0.05, 0.1) is 5.25 Å². The first-order valence-corrected chi connectivity index (χ1v) is 8.01. The fourth-order valence-corrected chi connectivity index (χ4v) is 3.28. The Morgan fingerprint density at radius 2 is 1.86 bits per heavy atom. The number of rotatable bonds is 6. The highest BCUT2D eigenvalue weighted by Gasteiger charge is 2.17. The number of benzene rings is 2. The van der Waals surface area contributed by atoms with Crippen molar-refractivity contribution >= 4 is 10.8 Å². The van der Waals surface area contributed by atoms with Crippen molar-refractivity contribution in [3.63, 3.8) is 0 Å². The third kappa shape index (κ3) is 4.34. The predicted molar refractivity (Wildman–Crippen MR) is 79.7 cm³/mol. The van der Waals surface area contributed by atoms with Gasteiger partial charge in [0, 0.05) is 22.1 Å². The Kier molecular flexibility index (Phi) is 5.60. The monoisotopic (exact) mass is 328 g/mol. The number of alkyl halides is 2. The summed E-state index contributed by atoms with van der Waals surface area (Å²) in [6.45, 7) is -1.23. The summed E-state index contributed by atoms with van der Waals surface area (Å²) in [4.78, 5) is 0. The molecule has 2 nitrogen and oxygen atoms in total. The molecule has 0 saturated heterocycles. The fourth-order valence-electron chi connectivity index (χ4n) is 2.05. The van der Waals surface area contributed by atoms with E-state index < -0.39 is 28.5 Å². The van der Waals surface area contributed by atoms with Crippen LogP contribution in [0.1, 0.15) is 23.3 Å². The van der Waals surface area contributed by atoms with E-state index in [1.807, 2.05) is 0 Å². The smallest absolute Gasteiger partial charge is 0.387 e. The molecule has 0 unspecified atom stereocenters. The summed E-state index contributed by atoms with van der Waals surface area (Å²) in [5, 5.41) is -0.499. The zero-order chi connectivity index (χ0) is 16.1. The van der Waals surface area contributed by atoms with Crippen molar-refractivity contribution in [2.24, 2.45) is 0 Å². The van der Waals surface area contributed by atoms with E-state index in [2.05, 4.69) is 4.74 Å². The van der Waals surface area contributed by atoms with Gasteiger partial charge in [-0.1, -0.05) is 30.3 Å². The van der Waals surface area contributed by atoms with Crippen LogP contribution in [0.3, 0.4) is 0 Å². The molecule has 22 heavy (non-hydrogen) atoms. The molecule has 0 spiro atoms. The first kappa shape index (κ1) is 16.5. The van der Waals surface area contributed by atoms with Crippen LogP contribution in [0.2, 0.25) is 0 Å². The summed E-state index contributed by atoms with van der Waals surface area (Å²) in [6, 6.07) is 12.2. The molecule has 0 aliphatic carbocycles. The van der Waals surface area contributed by atoms with Crippen LogP contribution in [0.15, 0.2) is 48.5 Å². The highest BCUT2D eigenvalue weighted by atomic mass is 32.2. The second-order valence-electron chi connectivity index (χ2n) is 4.71. The van der Waals surface area contributed by atoms with E-state index in [9.17, 15) is 17.4 Å². The van der Waals surface area contributed by atoms with E-state index in [0.29, 0.717) is 11.1 Å². The van der Waals surface area contributed by atoms with Gasteiger partial charge in [0.1, 0.15) is 11.6 Å². The standard InChI is InChI=1S/C16H15F3O2S/c1-11(14-7-2-3-8-15(14)17)22(20)10-12-5-4-6-13(9-12)21-16(18)19/h2-9,11,16H,10H2,1H3/t11-,22+/m1/s1. The van der Waals surface area contributed by atoms with Crippen molar-refractivity contribution in [1.29, 1.82) is 0 Å². The summed E-state index contributed by atoms with van der Waals surface area (Å²) >= 11 is 0. The summed E-state index contributed by atoms with van der Waals surface area (Å²) in [5.41, 5.74) is 0.973. The minimum absolute atomic E-state index is 0.0167. The van der Waals surface area contributed by atoms with E-state index in [1.54, 1.807) is 37.3 Å². The molecule has 0 fully saturated rings. The molecule has 0 N–H and O–H groups in total. The van der Waals surface area contributed by atoms with Crippen LogP contribution in [-0.4, -0.2) is 10.8 Å².